The van der Waals surface area contributed by atoms with Gasteiger partial charge in [0.2, 0.25) is 0 Å². The molecule has 0 fully saturated rings. The summed E-state index contributed by atoms with van der Waals surface area (Å²) < 4.78 is 1.86. The SMILES string of the molecule is CCc1ccc(-c2nn(-c3ccccc3)cc2C=CC(=O)c2cccs2)cc1. The van der Waals surface area contributed by atoms with Crippen LogP contribution in [0.5, 0.6) is 0 Å². The first kappa shape index (κ1) is 18.1. The molecule has 0 aliphatic rings. The van der Waals surface area contributed by atoms with E-state index in [1.165, 1.54) is 16.9 Å². The van der Waals surface area contributed by atoms with E-state index in [-0.39, 0.29) is 5.78 Å². The second-order valence-electron chi connectivity index (χ2n) is 6.44. The van der Waals surface area contributed by atoms with Crippen LogP contribution >= 0.6 is 11.3 Å². The Balaban J connectivity index is 1.74. The van der Waals surface area contributed by atoms with Crippen LogP contribution in [0.25, 0.3) is 23.0 Å². The summed E-state index contributed by atoms with van der Waals surface area (Å²) in [7, 11) is 0. The van der Waals surface area contributed by atoms with E-state index < -0.39 is 0 Å². The van der Waals surface area contributed by atoms with Gasteiger partial charge in [0.05, 0.1) is 16.3 Å². The first-order chi connectivity index (χ1) is 13.7. The predicted molar refractivity (Wildman–Crippen MR) is 116 cm³/mol. The van der Waals surface area contributed by atoms with Gasteiger partial charge < -0.3 is 0 Å². The van der Waals surface area contributed by atoms with Crippen LogP contribution in [0.15, 0.2) is 84.4 Å². The van der Waals surface area contributed by atoms with E-state index in [2.05, 4.69) is 31.2 Å². The molecular weight excluding hydrogens is 364 g/mol. The topological polar surface area (TPSA) is 34.9 Å². The third-order valence-electron chi connectivity index (χ3n) is 4.58. The predicted octanol–water partition coefficient (Wildman–Crippen LogP) is 6.06. The quantitative estimate of drug-likeness (QED) is 0.299. The van der Waals surface area contributed by atoms with Gasteiger partial charge in [-0.2, -0.15) is 5.10 Å². The number of allylic oxidation sites excluding steroid dienone is 1. The third-order valence-corrected chi connectivity index (χ3v) is 5.46. The molecule has 0 amide bonds. The molecule has 0 aliphatic heterocycles. The molecule has 4 heteroatoms. The highest BCUT2D eigenvalue weighted by atomic mass is 32.1. The zero-order valence-corrected chi connectivity index (χ0v) is 16.4. The van der Waals surface area contributed by atoms with Gasteiger partial charge in [-0.1, -0.05) is 55.5 Å². The van der Waals surface area contributed by atoms with Gasteiger partial charge in [-0.05, 0) is 47.7 Å². The lowest BCUT2D eigenvalue weighted by Gasteiger charge is -2.02. The minimum Gasteiger partial charge on any atom is -0.288 e. The molecule has 138 valence electrons. The molecule has 2 aromatic heterocycles. The molecule has 0 atom stereocenters. The van der Waals surface area contributed by atoms with Crippen molar-refractivity contribution in [2.75, 3.05) is 0 Å². The number of hydrogen-bond acceptors (Lipinski definition) is 3. The molecule has 4 rings (SSSR count). The van der Waals surface area contributed by atoms with Gasteiger partial charge >= 0.3 is 0 Å². The molecule has 0 unspecified atom stereocenters. The largest absolute Gasteiger partial charge is 0.288 e. The number of carbonyl (C=O) groups excluding carboxylic acids is 1. The molecule has 0 radical (unpaired) electrons. The maximum atomic E-state index is 12.4. The van der Waals surface area contributed by atoms with Crippen molar-refractivity contribution in [3.8, 4) is 16.9 Å². The monoisotopic (exact) mass is 384 g/mol. The van der Waals surface area contributed by atoms with Crippen LogP contribution in [0, 0.1) is 0 Å². The van der Waals surface area contributed by atoms with Crippen LogP contribution < -0.4 is 0 Å². The van der Waals surface area contributed by atoms with Crippen molar-refractivity contribution in [3.05, 3.63) is 100 Å². The number of thiophene rings is 1. The molecular formula is C24H20N2OS. The highest BCUT2D eigenvalue weighted by Gasteiger charge is 2.11. The summed E-state index contributed by atoms with van der Waals surface area (Å²) in [6, 6.07) is 22.2. The number of benzene rings is 2. The average molecular weight is 385 g/mol. The van der Waals surface area contributed by atoms with E-state index in [0.29, 0.717) is 0 Å². The fourth-order valence-corrected chi connectivity index (χ4v) is 3.66. The molecule has 3 nitrogen and oxygen atoms in total. The van der Waals surface area contributed by atoms with Crippen molar-refractivity contribution in [1.29, 1.82) is 0 Å². The molecule has 0 aliphatic carbocycles. The fraction of sp³-hybridized carbons (Fsp3) is 0.0833. The van der Waals surface area contributed by atoms with E-state index in [1.807, 2.05) is 64.8 Å². The van der Waals surface area contributed by atoms with Crippen molar-refractivity contribution in [2.45, 2.75) is 13.3 Å². The number of ketones is 1. The zero-order valence-electron chi connectivity index (χ0n) is 15.6. The summed E-state index contributed by atoms with van der Waals surface area (Å²) >= 11 is 1.45. The maximum absolute atomic E-state index is 12.4. The van der Waals surface area contributed by atoms with E-state index in [1.54, 1.807) is 6.08 Å². The van der Waals surface area contributed by atoms with Crippen LogP contribution in [-0.2, 0) is 6.42 Å². The molecule has 2 heterocycles. The van der Waals surface area contributed by atoms with Crippen LogP contribution in [-0.4, -0.2) is 15.6 Å². The van der Waals surface area contributed by atoms with Crippen molar-refractivity contribution in [2.24, 2.45) is 0 Å². The summed E-state index contributed by atoms with van der Waals surface area (Å²) in [6.07, 6.45) is 6.46. The fourth-order valence-electron chi connectivity index (χ4n) is 3.01. The van der Waals surface area contributed by atoms with Crippen molar-refractivity contribution in [3.63, 3.8) is 0 Å². The van der Waals surface area contributed by atoms with Crippen molar-refractivity contribution >= 4 is 23.2 Å². The summed E-state index contributed by atoms with van der Waals surface area (Å²) in [5.74, 6) is 0.00902. The second kappa shape index (κ2) is 8.19. The third kappa shape index (κ3) is 3.87. The van der Waals surface area contributed by atoms with Crippen LogP contribution in [0.4, 0.5) is 0 Å². The van der Waals surface area contributed by atoms with Crippen LogP contribution in [0.3, 0.4) is 0 Å². The smallest absolute Gasteiger partial charge is 0.195 e. The second-order valence-corrected chi connectivity index (χ2v) is 7.39. The minimum atomic E-state index is 0.00902. The molecule has 4 aromatic rings. The average Bonchev–Trinajstić information content (AvgIpc) is 3.43. The number of hydrogen-bond donors (Lipinski definition) is 0. The lowest BCUT2D eigenvalue weighted by molar-refractivity contribution is 0.105. The Kier molecular flexibility index (Phi) is 5.31. The number of aromatic nitrogens is 2. The summed E-state index contributed by atoms with van der Waals surface area (Å²) in [5, 5.41) is 6.72. The number of para-hydroxylation sites is 1. The number of aryl methyl sites for hydroxylation is 1. The Hall–Kier alpha value is -3.24. The lowest BCUT2D eigenvalue weighted by Crippen LogP contribution is -1.94. The van der Waals surface area contributed by atoms with Crippen molar-refractivity contribution < 1.29 is 4.79 Å². The van der Waals surface area contributed by atoms with E-state index in [4.69, 9.17) is 5.10 Å². The summed E-state index contributed by atoms with van der Waals surface area (Å²) in [6.45, 7) is 2.14. The van der Waals surface area contributed by atoms with Gasteiger partial charge in [-0.15, -0.1) is 11.3 Å². The number of rotatable bonds is 6. The minimum absolute atomic E-state index is 0.00902. The normalized spacial score (nSPS) is 11.2. The molecule has 0 spiro atoms. The Morgan fingerprint density at radius 3 is 2.50 bits per heavy atom. The molecule has 28 heavy (non-hydrogen) atoms. The Morgan fingerprint density at radius 1 is 1.04 bits per heavy atom. The van der Waals surface area contributed by atoms with Crippen LogP contribution in [0.2, 0.25) is 0 Å². The van der Waals surface area contributed by atoms with Crippen molar-refractivity contribution in [1.82, 2.24) is 9.78 Å². The summed E-state index contributed by atoms with van der Waals surface area (Å²) in [4.78, 5) is 13.1. The van der Waals surface area contributed by atoms with Gasteiger partial charge in [0, 0.05) is 17.3 Å². The molecule has 0 bridgehead atoms. The van der Waals surface area contributed by atoms with Gasteiger partial charge in [-0.3, -0.25) is 4.79 Å². The Bertz CT molecular complexity index is 1090. The molecule has 0 N–H and O–H groups in total. The maximum Gasteiger partial charge on any atom is 0.195 e. The van der Waals surface area contributed by atoms with E-state index >= 15 is 0 Å². The standard InChI is InChI=1S/C24H20N2OS/c1-2-18-10-12-19(13-11-18)24-20(14-15-22(27)23-9-6-16-28-23)17-26(25-24)21-7-4-3-5-8-21/h3-17H,2H2,1H3. The first-order valence-corrected chi connectivity index (χ1v) is 10.1. The first-order valence-electron chi connectivity index (χ1n) is 9.25. The Morgan fingerprint density at radius 2 is 1.82 bits per heavy atom. The molecule has 2 aromatic carbocycles. The lowest BCUT2D eigenvalue weighted by atomic mass is 10.0. The Labute approximate surface area is 168 Å². The van der Waals surface area contributed by atoms with Gasteiger partial charge in [0.15, 0.2) is 5.78 Å². The van der Waals surface area contributed by atoms with Gasteiger partial charge in [-0.25, -0.2) is 4.68 Å². The highest BCUT2D eigenvalue weighted by Crippen LogP contribution is 2.26. The van der Waals surface area contributed by atoms with E-state index in [0.717, 1.165) is 33.8 Å². The highest BCUT2D eigenvalue weighted by molar-refractivity contribution is 7.12. The zero-order chi connectivity index (χ0) is 19.3. The number of nitrogens with zero attached hydrogens (tertiary/aromatic N) is 2. The number of carbonyl (C=O) groups is 1. The van der Waals surface area contributed by atoms with Gasteiger partial charge in [0.1, 0.15) is 0 Å². The molecule has 0 saturated heterocycles. The van der Waals surface area contributed by atoms with E-state index in [9.17, 15) is 4.79 Å². The van der Waals surface area contributed by atoms with Gasteiger partial charge in [0.25, 0.3) is 0 Å². The van der Waals surface area contributed by atoms with Crippen LogP contribution in [0.1, 0.15) is 27.7 Å². The molecule has 0 saturated carbocycles. The summed E-state index contributed by atoms with van der Waals surface area (Å²) in [5.41, 5.74) is 5.09.